The zero-order valence-electron chi connectivity index (χ0n) is 7.34. The second-order valence-corrected chi connectivity index (χ2v) is 2.59. The number of carbonyl (C=O) groups excluding carboxylic acids is 2. The Kier molecular flexibility index (Phi) is 3.51. The van der Waals surface area contributed by atoms with Gasteiger partial charge in [-0.3, -0.25) is 9.59 Å². The van der Waals surface area contributed by atoms with Crippen molar-refractivity contribution in [2.45, 2.75) is 13.8 Å². The first-order chi connectivity index (χ1) is 4.95. The van der Waals surface area contributed by atoms with E-state index in [0.29, 0.717) is 5.70 Å². The number of hydrogen-bond donors (Lipinski definition) is 0. The molecule has 3 nitrogen and oxygen atoms in total. The van der Waals surface area contributed by atoms with Crippen molar-refractivity contribution in [3.8, 4) is 0 Å². The van der Waals surface area contributed by atoms with E-state index in [-0.39, 0.29) is 11.6 Å². The number of carbonyl (C=O) groups is 2. The van der Waals surface area contributed by atoms with Crippen LogP contribution in [0, 0.1) is 0 Å². The van der Waals surface area contributed by atoms with Crippen LogP contribution in [0.4, 0.5) is 0 Å². The van der Waals surface area contributed by atoms with Crippen molar-refractivity contribution in [1.82, 2.24) is 4.90 Å². The summed E-state index contributed by atoms with van der Waals surface area (Å²) in [5, 5.41) is 0. The van der Waals surface area contributed by atoms with Crippen LogP contribution in [0.15, 0.2) is 11.8 Å². The summed E-state index contributed by atoms with van der Waals surface area (Å²) in [6, 6.07) is 0. The highest BCUT2D eigenvalue weighted by atomic mass is 16.1. The largest absolute Gasteiger partial charge is 0.375 e. The highest BCUT2D eigenvalue weighted by Crippen LogP contribution is 1.99. The maximum atomic E-state index is 10.9. The molecule has 3 heteroatoms. The minimum Gasteiger partial charge on any atom is -0.375 e. The van der Waals surface area contributed by atoms with Crippen molar-refractivity contribution in [2.75, 3.05) is 14.1 Å². The number of ketones is 2. The van der Waals surface area contributed by atoms with E-state index in [0.717, 1.165) is 0 Å². The molecule has 0 aliphatic carbocycles. The molecule has 0 bridgehead atoms. The van der Waals surface area contributed by atoms with Gasteiger partial charge in [0, 0.05) is 27.1 Å². The first kappa shape index (κ1) is 9.88. The molecule has 0 spiro atoms. The van der Waals surface area contributed by atoms with Crippen LogP contribution in [-0.2, 0) is 9.59 Å². The van der Waals surface area contributed by atoms with E-state index >= 15 is 0 Å². The van der Waals surface area contributed by atoms with E-state index in [1.807, 2.05) is 0 Å². The lowest BCUT2D eigenvalue weighted by molar-refractivity contribution is -0.116. The molecule has 0 aliphatic rings. The van der Waals surface area contributed by atoms with Crippen molar-refractivity contribution in [3.63, 3.8) is 0 Å². The fraction of sp³-hybridized carbons (Fsp3) is 0.500. The molecule has 0 aliphatic heterocycles. The van der Waals surface area contributed by atoms with Crippen molar-refractivity contribution >= 4 is 11.6 Å². The van der Waals surface area contributed by atoms with Crippen LogP contribution in [0.3, 0.4) is 0 Å². The number of allylic oxidation sites excluding steroid dienone is 2. The Bertz CT molecular complexity index is 204. The van der Waals surface area contributed by atoms with Gasteiger partial charge in [-0.25, -0.2) is 0 Å². The van der Waals surface area contributed by atoms with Crippen molar-refractivity contribution in [3.05, 3.63) is 11.8 Å². The van der Waals surface area contributed by atoms with Gasteiger partial charge in [-0.2, -0.15) is 0 Å². The summed E-state index contributed by atoms with van der Waals surface area (Å²) in [5.41, 5.74) is 0.442. The number of nitrogens with zero attached hydrogens (tertiary/aromatic N) is 1. The van der Waals surface area contributed by atoms with E-state index in [9.17, 15) is 9.59 Å². The normalized spacial score (nSPS) is 11.1. The highest BCUT2D eigenvalue weighted by Gasteiger charge is 2.05. The average molecular weight is 155 g/mol. The number of likely N-dealkylation sites (N-methyl/N-ethyl adjacent to an activating group) is 1. The molecule has 0 saturated carbocycles. The number of hydrogen-bond acceptors (Lipinski definition) is 3. The van der Waals surface area contributed by atoms with E-state index in [1.165, 1.54) is 19.9 Å². The highest BCUT2D eigenvalue weighted by molar-refractivity contribution is 6.00. The summed E-state index contributed by atoms with van der Waals surface area (Å²) in [6.45, 7) is 2.86. The maximum absolute atomic E-state index is 10.9. The number of Topliss-reactive ketones (excluding diaryl/α,β-unsaturated/α-hetero) is 1. The zero-order valence-corrected chi connectivity index (χ0v) is 7.34. The van der Waals surface area contributed by atoms with Crippen LogP contribution in [0.25, 0.3) is 0 Å². The summed E-state index contributed by atoms with van der Waals surface area (Å²) in [7, 11) is 3.46. The minimum absolute atomic E-state index is 0.0924. The molecule has 0 amide bonds. The fourth-order valence-electron chi connectivity index (χ4n) is 0.738. The zero-order chi connectivity index (χ0) is 9.02. The monoisotopic (exact) mass is 155 g/mol. The molecule has 0 N–H and O–H groups in total. The SMILES string of the molecule is CC(=O)/C=C(/C(C)=O)N(C)C. The van der Waals surface area contributed by atoms with Crippen molar-refractivity contribution in [2.24, 2.45) is 0 Å². The van der Waals surface area contributed by atoms with Gasteiger partial charge in [-0.05, 0) is 6.92 Å². The first-order valence-electron chi connectivity index (χ1n) is 3.35. The third kappa shape index (κ3) is 3.55. The van der Waals surface area contributed by atoms with E-state index in [4.69, 9.17) is 0 Å². The minimum atomic E-state index is -0.107. The van der Waals surface area contributed by atoms with Crippen LogP contribution in [-0.4, -0.2) is 30.6 Å². The Hall–Kier alpha value is -1.12. The van der Waals surface area contributed by atoms with Gasteiger partial charge in [0.25, 0.3) is 0 Å². The van der Waals surface area contributed by atoms with E-state index in [2.05, 4.69) is 0 Å². The standard InChI is InChI=1S/C8H13NO2/c1-6(10)5-8(7(2)11)9(3)4/h5H,1-4H3/b8-5-. The quantitative estimate of drug-likeness (QED) is 0.560. The average Bonchev–Trinajstić information content (AvgIpc) is 1.81. The molecular weight excluding hydrogens is 142 g/mol. The second kappa shape index (κ2) is 3.91. The lowest BCUT2D eigenvalue weighted by atomic mass is 10.2. The molecule has 0 heterocycles. The molecule has 0 fully saturated rings. The molecule has 0 aromatic heterocycles. The molecule has 11 heavy (non-hydrogen) atoms. The molecule has 0 unspecified atom stereocenters. The Morgan fingerprint density at radius 1 is 1.18 bits per heavy atom. The van der Waals surface area contributed by atoms with Gasteiger partial charge in [-0.15, -0.1) is 0 Å². The van der Waals surface area contributed by atoms with Crippen LogP contribution in [0.5, 0.6) is 0 Å². The second-order valence-electron chi connectivity index (χ2n) is 2.59. The smallest absolute Gasteiger partial charge is 0.175 e. The third-order valence-electron chi connectivity index (χ3n) is 1.18. The number of rotatable bonds is 3. The third-order valence-corrected chi connectivity index (χ3v) is 1.18. The molecule has 62 valence electrons. The molecule has 0 saturated heterocycles. The maximum Gasteiger partial charge on any atom is 0.175 e. The summed E-state index contributed by atoms with van der Waals surface area (Å²) >= 11 is 0. The van der Waals surface area contributed by atoms with Crippen LogP contribution in [0.1, 0.15) is 13.8 Å². The molecule has 0 rings (SSSR count). The van der Waals surface area contributed by atoms with E-state index in [1.54, 1.807) is 19.0 Å². The van der Waals surface area contributed by atoms with Gasteiger partial charge in [0.2, 0.25) is 0 Å². The molecule has 0 aromatic carbocycles. The van der Waals surface area contributed by atoms with Crippen LogP contribution in [0.2, 0.25) is 0 Å². The fourth-order valence-corrected chi connectivity index (χ4v) is 0.738. The Morgan fingerprint density at radius 3 is 1.73 bits per heavy atom. The van der Waals surface area contributed by atoms with Gasteiger partial charge in [0.05, 0.1) is 5.70 Å². The summed E-state index contributed by atoms with van der Waals surface area (Å²) in [6.07, 6.45) is 1.34. The molecule has 0 radical (unpaired) electrons. The lowest BCUT2D eigenvalue weighted by Crippen LogP contribution is -2.18. The summed E-state index contributed by atoms with van der Waals surface area (Å²) < 4.78 is 0. The van der Waals surface area contributed by atoms with Gasteiger partial charge in [0.15, 0.2) is 11.6 Å². The molecule has 0 atom stereocenters. The topological polar surface area (TPSA) is 37.4 Å². The molecule has 0 aromatic rings. The van der Waals surface area contributed by atoms with Gasteiger partial charge in [0.1, 0.15) is 0 Å². The van der Waals surface area contributed by atoms with Crippen molar-refractivity contribution in [1.29, 1.82) is 0 Å². The molecular formula is C8H13NO2. The van der Waals surface area contributed by atoms with Gasteiger partial charge < -0.3 is 4.90 Å². The Labute approximate surface area is 66.7 Å². The van der Waals surface area contributed by atoms with Crippen LogP contribution >= 0.6 is 0 Å². The first-order valence-corrected chi connectivity index (χ1v) is 3.35. The summed E-state index contributed by atoms with van der Waals surface area (Å²) in [4.78, 5) is 23.1. The predicted octanol–water partition coefficient (Wildman–Crippen LogP) is 0.610. The Balaban J connectivity index is 4.60. The van der Waals surface area contributed by atoms with Crippen molar-refractivity contribution < 1.29 is 9.59 Å². The Morgan fingerprint density at radius 2 is 1.64 bits per heavy atom. The van der Waals surface area contributed by atoms with Gasteiger partial charge >= 0.3 is 0 Å². The van der Waals surface area contributed by atoms with Gasteiger partial charge in [-0.1, -0.05) is 0 Å². The lowest BCUT2D eigenvalue weighted by Gasteiger charge is -2.12. The van der Waals surface area contributed by atoms with Crippen LogP contribution < -0.4 is 0 Å². The predicted molar refractivity (Wildman–Crippen MR) is 43.1 cm³/mol. The summed E-state index contributed by atoms with van der Waals surface area (Å²) in [5.74, 6) is -0.200. The van der Waals surface area contributed by atoms with E-state index < -0.39 is 0 Å².